The summed E-state index contributed by atoms with van der Waals surface area (Å²) in [6, 6.07) is 8.55. The van der Waals surface area contributed by atoms with Crippen LogP contribution >= 0.6 is 0 Å². The lowest BCUT2D eigenvalue weighted by atomic mass is 9.97. The minimum Gasteiger partial charge on any atom is -0.300 e. The molecule has 0 aromatic heterocycles. The van der Waals surface area contributed by atoms with E-state index in [9.17, 15) is 4.79 Å². The topological polar surface area (TPSA) is 17.1 Å². The van der Waals surface area contributed by atoms with E-state index < -0.39 is 0 Å². The van der Waals surface area contributed by atoms with Gasteiger partial charge < -0.3 is 0 Å². The summed E-state index contributed by atoms with van der Waals surface area (Å²) in [6.07, 6.45) is 2.57. The van der Waals surface area contributed by atoms with Crippen LogP contribution in [0.15, 0.2) is 24.3 Å². The van der Waals surface area contributed by atoms with Crippen LogP contribution in [-0.2, 0) is 4.79 Å². The van der Waals surface area contributed by atoms with Gasteiger partial charge in [-0.05, 0) is 24.8 Å². The smallest absolute Gasteiger partial charge is 0.133 e. The van der Waals surface area contributed by atoms with Crippen molar-refractivity contribution in [3.05, 3.63) is 35.4 Å². The Hall–Kier alpha value is -1.11. The molecule has 1 aliphatic rings. The van der Waals surface area contributed by atoms with Crippen molar-refractivity contribution in [3.8, 4) is 0 Å². The van der Waals surface area contributed by atoms with E-state index in [4.69, 9.17) is 0 Å². The van der Waals surface area contributed by atoms with Crippen LogP contribution in [0.1, 0.15) is 51.6 Å². The van der Waals surface area contributed by atoms with Crippen molar-refractivity contribution in [1.29, 1.82) is 0 Å². The highest BCUT2D eigenvalue weighted by Crippen LogP contribution is 2.31. The third kappa shape index (κ3) is 3.19. The maximum absolute atomic E-state index is 11.1. The van der Waals surface area contributed by atoms with E-state index in [1.54, 1.807) is 0 Å². The summed E-state index contributed by atoms with van der Waals surface area (Å²) >= 11 is 0. The third-order valence-electron chi connectivity index (χ3n) is 2.79. The Bertz CT molecular complexity index is 316. The van der Waals surface area contributed by atoms with Crippen LogP contribution in [0, 0.1) is 6.92 Å². The molecule has 1 saturated carbocycles. The minimum absolute atomic E-state index is 0. The van der Waals surface area contributed by atoms with Crippen molar-refractivity contribution in [2.75, 3.05) is 0 Å². The molecule has 1 fully saturated rings. The lowest BCUT2D eigenvalue weighted by Gasteiger charge is -2.07. The fraction of sp³-hybridized carbons (Fsp3) is 0.500. The van der Waals surface area contributed by atoms with Crippen molar-refractivity contribution in [2.45, 2.75) is 46.0 Å². The van der Waals surface area contributed by atoms with Crippen molar-refractivity contribution < 1.29 is 6.22 Å². The van der Waals surface area contributed by atoms with Gasteiger partial charge in [0, 0.05) is 14.3 Å². The van der Waals surface area contributed by atoms with E-state index in [0.29, 0.717) is 11.7 Å². The van der Waals surface area contributed by atoms with Gasteiger partial charge >= 0.3 is 0 Å². The molecule has 0 radical (unpaired) electrons. The quantitative estimate of drug-likeness (QED) is 0.676. The zero-order chi connectivity index (χ0) is 11.3. The van der Waals surface area contributed by atoms with Crippen LogP contribution in [0.25, 0.3) is 0 Å². The second kappa shape index (κ2) is 5.69. The molecule has 1 nitrogen and oxygen atoms in total. The average Bonchev–Trinajstić information content (AvgIpc) is 2.69. The zero-order valence-corrected chi connectivity index (χ0v) is 9.92. The molecule has 2 rings (SSSR count). The Morgan fingerprint density at radius 2 is 1.80 bits per heavy atom. The minimum atomic E-state index is 0. The summed E-state index contributed by atoms with van der Waals surface area (Å²) in [4.78, 5) is 11.1. The molecule has 1 aromatic carbocycles. The molecule has 84 valence electrons. The number of hydrogen-bond acceptors (Lipinski definition) is 1. The molecule has 1 aliphatic carbocycles. The van der Waals surface area contributed by atoms with Gasteiger partial charge in [-0.2, -0.15) is 0 Å². The fourth-order valence-electron chi connectivity index (χ4n) is 1.94. The van der Waals surface area contributed by atoms with Crippen molar-refractivity contribution in [1.82, 2.24) is 0 Å². The van der Waals surface area contributed by atoms with Gasteiger partial charge in [0.1, 0.15) is 5.78 Å². The predicted molar refractivity (Wildman–Crippen MR) is 66.2 cm³/mol. The molecule has 1 unspecified atom stereocenters. The van der Waals surface area contributed by atoms with Crippen LogP contribution in [0.3, 0.4) is 0 Å². The highest BCUT2D eigenvalue weighted by molar-refractivity contribution is 5.81. The lowest BCUT2D eigenvalue weighted by molar-refractivity contribution is -0.117. The molecule has 0 aliphatic heterocycles. The van der Waals surface area contributed by atoms with Crippen LogP contribution in [0.4, 0.5) is 0 Å². The Balaban J connectivity index is 0.000000711. The first-order valence-electron chi connectivity index (χ1n) is 5.84. The molecule has 0 bridgehead atoms. The first-order valence-corrected chi connectivity index (χ1v) is 5.84. The van der Waals surface area contributed by atoms with Gasteiger partial charge in [-0.1, -0.05) is 43.7 Å². The van der Waals surface area contributed by atoms with E-state index >= 15 is 0 Å². The molecule has 0 heterocycles. The number of hydrogen-bond donors (Lipinski definition) is 0. The molecule has 15 heavy (non-hydrogen) atoms. The van der Waals surface area contributed by atoms with Crippen molar-refractivity contribution in [2.24, 2.45) is 0 Å². The van der Waals surface area contributed by atoms with Crippen LogP contribution < -0.4 is 0 Å². The maximum atomic E-state index is 11.1. The second-order valence-electron chi connectivity index (χ2n) is 3.89. The van der Waals surface area contributed by atoms with E-state index in [0.717, 1.165) is 19.3 Å². The number of carbonyl (C=O) groups is 1. The SMILES string of the molecule is CC.Cc1ccc(C2CCC(=O)C2)cc1.[HH]. The largest absolute Gasteiger partial charge is 0.300 e. The Morgan fingerprint density at radius 1 is 1.20 bits per heavy atom. The molecule has 1 aromatic rings. The highest BCUT2D eigenvalue weighted by atomic mass is 16.1. The van der Waals surface area contributed by atoms with Crippen LogP contribution in [0.5, 0.6) is 0 Å². The number of benzene rings is 1. The highest BCUT2D eigenvalue weighted by Gasteiger charge is 2.22. The molecular formula is C14H22O. The molecular weight excluding hydrogens is 184 g/mol. The van der Waals surface area contributed by atoms with Gasteiger partial charge in [-0.25, -0.2) is 0 Å². The number of ketones is 1. The standard InChI is InChI=1S/C12H14O.C2H6.H2/c1-9-2-4-10(5-3-9)11-6-7-12(13)8-11;1-2;/h2-5,11H,6-8H2,1H3;1-2H3;1H. The average molecular weight is 206 g/mol. The van der Waals surface area contributed by atoms with E-state index in [2.05, 4.69) is 31.2 Å². The summed E-state index contributed by atoms with van der Waals surface area (Å²) in [7, 11) is 0. The van der Waals surface area contributed by atoms with Crippen LogP contribution in [-0.4, -0.2) is 5.78 Å². The van der Waals surface area contributed by atoms with E-state index in [-0.39, 0.29) is 1.43 Å². The van der Waals surface area contributed by atoms with E-state index in [1.807, 2.05) is 13.8 Å². The summed E-state index contributed by atoms with van der Waals surface area (Å²) in [5.41, 5.74) is 2.62. The maximum Gasteiger partial charge on any atom is 0.133 e. The lowest BCUT2D eigenvalue weighted by Crippen LogP contribution is -1.93. The first-order chi connectivity index (χ1) is 7.25. The second-order valence-corrected chi connectivity index (χ2v) is 3.89. The third-order valence-corrected chi connectivity index (χ3v) is 2.79. The Kier molecular flexibility index (Phi) is 4.54. The number of aryl methyl sites for hydroxylation is 1. The van der Waals surface area contributed by atoms with Gasteiger partial charge in [0.05, 0.1) is 0 Å². The first kappa shape index (κ1) is 12.0. The summed E-state index contributed by atoms with van der Waals surface area (Å²) in [5, 5.41) is 0. The van der Waals surface area contributed by atoms with Gasteiger partial charge in [-0.3, -0.25) is 4.79 Å². The van der Waals surface area contributed by atoms with Gasteiger partial charge in [0.25, 0.3) is 0 Å². The number of rotatable bonds is 1. The number of Topliss-reactive ketones (excluding diaryl/α,β-unsaturated/α-hetero) is 1. The van der Waals surface area contributed by atoms with Gasteiger partial charge in [-0.15, -0.1) is 0 Å². The Labute approximate surface area is 94.0 Å². The summed E-state index contributed by atoms with van der Waals surface area (Å²) in [6.45, 7) is 6.09. The zero-order valence-electron chi connectivity index (χ0n) is 9.92. The fourth-order valence-corrected chi connectivity index (χ4v) is 1.94. The molecule has 0 spiro atoms. The molecule has 1 atom stereocenters. The Morgan fingerprint density at radius 3 is 2.27 bits per heavy atom. The summed E-state index contributed by atoms with van der Waals surface area (Å²) < 4.78 is 0. The molecule has 0 saturated heterocycles. The van der Waals surface area contributed by atoms with Crippen LogP contribution in [0.2, 0.25) is 0 Å². The van der Waals surface area contributed by atoms with Crippen molar-refractivity contribution >= 4 is 5.78 Å². The normalized spacial score (nSPS) is 19.7. The molecule has 0 N–H and O–H groups in total. The van der Waals surface area contributed by atoms with Crippen molar-refractivity contribution in [3.63, 3.8) is 0 Å². The summed E-state index contributed by atoms with van der Waals surface area (Å²) in [5.74, 6) is 0.915. The van der Waals surface area contributed by atoms with E-state index in [1.165, 1.54) is 11.1 Å². The molecule has 0 amide bonds. The van der Waals surface area contributed by atoms with Gasteiger partial charge in [0.2, 0.25) is 0 Å². The monoisotopic (exact) mass is 206 g/mol. The number of carbonyl (C=O) groups excluding carboxylic acids is 1. The molecule has 1 heteroatoms. The predicted octanol–water partition coefficient (Wildman–Crippen LogP) is 4.10. The van der Waals surface area contributed by atoms with Gasteiger partial charge in [0.15, 0.2) is 0 Å².